The van der Waals surface area contributed by atoms with Gasteiger partial charge in [0.05, 0.1) is 12.7 Å². The van der Waals surface area contributed by atoms with Gasteiger partial charge in [-0.25, -0.2) is 8.42 Å². The van der Waals surface area contributed by atoms with Crippen molar-refractivity contribution in [3.63, 3.8) is 0 Å². The molecule has 1 unspecified atom stereocenters. The number of nitrogens with one attached hydrogen (secondary N) is 1. The van der Waals surface area contributed by atoms with E-state index < -0.39 is 38.7 Å². The van der Waals surface area contributed by atoms with Gasteiger partial charge in [-0.15, -0.1) is 0 Å². The zero-order valence-electron chi connectivity index (χ0n) is 11.1. The minimum absolute atomic E-state index is 0.354. The number of nitrogen functional groups attached to an aromatic ring is 1. The van der Waals surface area contributed by atoms with Crippen molar-refractivity contribution in [2.75, 3.05) is 17.6 Å². The highest BCUT2D eigenvalue weighted by atomic mass is 32.2. The largest absolute Gasteiger partial charge is 0.468 e. The molecule has 118 valence electrons. The van der Waals surface area contributed by atoms with Crippen LogP contribution in [-0.2, 0) is 25.7 Å². The van der Waals surface area contributed by atoms with E-state index in [1.165, 1.54) is 0 Å². The molecule has 0 heterocycles. The summed E-state index contributed by atoms with van der Waals surface area (Å²) >= 11 is 0. The van der Waals surface area contributed by atoms with Crippen LogP contribution < -0.4 is 10.5 Å². The predicted octanol–water partition coefficient (Wildman–Crippen LogP) is 1.59. The Labute approximate surface area is 119 Å². The van der Waals surface area contributed by atoms with Gasteiger partial charge in [0.1, 0.15) is 0 Å². The molecule has 1 aromatic rings. The molecule has 1 rings (SSSR count). The highest BCUT2D eigenvalue weighted by Crippen LogP contribution is 2.35. The number of sulfonamides is 1. The monoisotopic (exact) mass is 326 g/mol. The van der Waals surface area contributed by atoms with E-state index in [0.29, 0.717) is 6.07 Å². The van der Waals surface area contributed by atoms with Crippen molar-refractivity contribution in [2.24, 2.45) is 0 Å². The zero-order chi connectivity index (χ0) is 16.4. The Morgan fingerprint density at radius 2 is 1.95 bits per heavy atom. The molecule has 0 aromatic heterocycles. The zero-order valence-corrected chi connectivity index (χ0v) is 11.9. The van der Waals surface area contributed by atoms with Crippen molar-refractivity contribution < 1.29 is 31.1 Å². The first-order valence-corrected chi connectivity index (χ1v) is 7.10. The number of rotatable bonds is 4. The third-order valence-corrected chi connectivity index (χ3v) is 4.26. The number of alkyl halides is 3. The van der Waals surface area contributed by atoms with E-state index in [1.807, 2.05) is 4.72 Å². The molecule has 21 heavy (non-hydrogen) atoms. The van der Waals surface area contributed by atoms with Crippen molar-refractivity contribution in [1.82, 2.24) is 0 Å². The number of hydrogen-bond acceptors (Lipinski definition) is 5. The topological polar surface area (TPSA) is 98.5 Å². The van der Waals surface area contributed by atoms with Gasteiger partial charge >= 0.3 is 12.1 Å². The summed E-state index contributed by atoms with van der Waals surface area (Å²) in [5.74, 6) is -1.03. The summed E-state index contributed by atoms with van der Waals surface area (Å²) in [7, 11) is -3.23. The highest BCUT2D eigenvalue weighted by Gasteiger charge is 2.34. The Hall–Kier alpha value is -1.97. The number of methoxy groups -OCH3 is 1. The van der Waals surface area contributed by atoms with Crippen LogP contribution in [0.25, 0.3) is 0 Å². The van der Waals surface area contributed by atoms with E-state index in [2.05, 4.69) is 4.74 Å². The van der Waals surface area contributed by atoms with E-state index in [9.17, 15) is 26.4 Å². The number of anilines is 2. The molecule has 0 radical (unpaired) electrons. The van der Waals surface area contributed by atoms with Gasteiger partial charge in [-0.05, 0) is 25.1 Å². The van der Waals surface area contributed by atoms with E-state index in [-0.39, 0.29) is 5.69 Å². The van der Waals surface area contributed by atoms with E-state index >= 15 is 0 Å². The molecule has 1 aromatic carbocycles. The Balaban J connectivity index is 3.12. The second-order valence-electron chi connectivity index (χ2n) is 4.11. The fraction of sp³-hybridized carbons (Fsp3) is 0.364. The fourth-order valence-corrected chi connectivity index (χ4v) is 2.39. The molecule has 0 spiro atoms. The van der Waals surface area contributed by atoms with Gasteiger partial charge in [0.2, 0.25) is 10.0 Å². The van der Waals surface area contributed by atoms with Crippen LogP contribution in [0.5, 0.6) is 0 Å². The number of carbonyl (C=O) groups excluding carboxylic acids is 1. The number of hydrogen-bond donors (Lipinski definition) is 2. The molecule has 0 saturated carbocycles. The van der Waals surface area contributed by atoms with Gasteiger partial charge in [0.15, 0.2) is 5.25 Å². The summed E-state index contributed by atoms with van der Waals surface area (Å²) in [5, 5.41) is -1.57. The van der Waals surface area contributed by atoms with Crippen molar-refractivity contribution in [1.29, 1.82) is 0 Å². The summed E-state index contributed by atoms with van der Waals surface area (Å²) < 4.78 is 67.8. The molecule has 0 aliphatic carbocycles. The van der Waals surface area contributed by atoms with Crippen LogP contribution in [0.1, 0.15) is 12.5 Å². The van der Waals surface area contributed by atoms with Gasteiger partial charge in [-0.2, -0.15) is 13.2 Å². The Morgan fingerprint density at radius 1 is 1.38 bits per heavy atom. The number of halogens is 3. The molecular formula is C11H13F3N2O4S. The van der Waals surface area contributed by atoms with Crippen molar-refractivity contribution in [3.05, 3.63) is 23.8 Å². The quantitative estimate of drug-likeness (QED) is 0.647. The van der Waals surface area contributed by atoms with Crippen LogP contribution in [0.3, 0.4) is 0 Å². The van der Waals surface area contributed by atoms with Gasteiger partial charge in [-0.3, -0.25) is 9.52 Å². The maximum absolute atomic E-state index is 12.7. The highest BCUT2D eigenvalue weighted by molar-refractivity contribution is 7.94. The number of esters is 1. The summed E-state index contributed by atoms with van der Waals surface area (Å²) in [6, 6.07) is 2.53. The molecule has 0 bridgehead atoms. The Morgan fingerprint density at radius 3 is 2.43 bits per heavy atom. The smallest absolute Gasteiger partial charge is 0.418 e. The molecule has 0 amide bonds. The lowest BCUT2D eigenvalue weighted by Gasteiger charge is -2.15. The fourth-order valence-electron chi connectivity index (χ4n) is 1.41. The lowest BCUT2D eigenvalue weighted by molar-refractivity contribution is -0.140. The van der Waals surface area contributed by atoms with Crippen LogP contribution in [0.2, 0.25) is 0 Å². The molecule has 6 nitrogen and oxygen atoms in total. The molecule has 3 N–H and O–H groups in total. The average Bonchev–Trinajstić information content (AvgIpc) is 2.37. The Bertz CT molecular complexity index is 643. The van der Waals surface area contributed by atoms with Crippen LogP contribution in [0.4, 0.5) is 24.5 Å². The van der Waals surface area contributed by atoms with Crippen LogP contribution in [-0.4, -0.2) is 26.7 Å². The summed E-state index contributed by atoms with van der Waals surface area (Å²) in [5.41, 5.74) is 3.13. The summed E-state index contributed by atoms with van der Waals surface area (Å²) in [6.07, 6.45) is -4.72. The first-order chi connectivity index (χ1) is 9.49. The molecular weight excluding hydrogens is 313 g/mol. The molecule has 10 heteroatoms. The van der Waals surface area contributed by atoms with Crippen molar-refractivity contribution >= 4 is 27.4 Å². The van der Waals surface area contributed by atoms with Gasteiger partial charge in [0.25, 0.3) is 0 Å². The third-order valence-electron chi connectivity index (χ3n) is 2.62. The standard InChI is InChI=1S/C11H13F3N2O4S/c1-6(10(17)20-2)21(18,19)16-7-3-4-9(15)8(5-7)11(12,13)14/h3-6,16H,15H2,1-2H3. The second-order valence-corrected chi connectivity index (χ2v) is 6.11. The second kappa shape index (κ2) is 5.80. The third kappa shape index (κ3) is 4.00. The van der Waals surface area contributed by atoms with Gasteiger partial charge in [0, 0.05) is 11.4 Å². The number of ether oxygens (including phenoxy) is 1. The maximum atomic E-state index is 12.7. The number of carbonyl (C=O) groups is 1. The van der Waals surface area contributed by atoms with E-state index in [1.54, 1.807) is 0 Å². The number of benzene rings is 1. The van der Waals surface area contributed by atoms with Crippen LogP contribution in [0.15, 0.2) is 18.2 Å². The van der Waals surface area contributed by atoms with Gasteiger partial charge < -0.3 is 10.5 Å². The van der Waals surface area contributed by atoms with E-state index in [4.69, 9.17) is 5.73 Å². The minimum Gasteiger partial charge on any atom is -0.468 e. The molecule has 0 fully saturated rings. The van der Waals surface area contributed by atoms with Crippen LogP contribution in [0, 0.1) is 0 Å². The number of nitrogens with two attached hydrogens (primary N) is 1. The van der Waals surface area contributed by atoms with Crippen LogP contribution >= 0.6 is 0 Å². The first kappa shape index (κ1) is 17.1. The lowest BCUT2D eigenvalue weighted by Crippen LogP contribution is -2.33. The SMILES string of the molecule is COC(=O)C(C)S(=O)(=O)Nc1ccc(N)c(C(F)(F)F)c1. The molecule has 1 atom stereocenters. The molecule has 0 saturated heterocycles. The summed E-state index contributed by atoms with van der Waals surface area (Å²) in [6.45, 7) is 1.05. The molecule has 0 aliphatic rings. The van der Waals surface area contributed by atoms with Crippen molar-refractivity contribution in [3.8, 4) is 0 Å². The van der Waals surface area contributed by atoms with E-state index in [0.717, 1.165) is 26.2 Å². The Kier molecular flexibility index (Phi) is 4.72. The maximum Gasteiger partial charge on any atom is 0.418 e. The first-order valence-electron chi connectivity index (χ1n) is 5.55. The molecule has 0 aliphatic heterocycles. The summed E-state index contributed by atoms with van der Waals surface area (Å²) in [4.78, 5) is 11.2. The van der Waals surface area contributed by atoms with Crippen molar-refractivity contribution in [2.45, 2.75) is 18.3 Å². The minimum atomic E-state index is -4.72. The lowest BCUT2D eigenvalue weighted by atomic mass is 10.1. The predicted molar refractivity (Wildman–Crippen MR) is 69.9 cm³/mol. The average molecular weight is 326 g/mol. The normalized spacial score (nSPS) is 13.6. The van der Waals surface area contributed by atoms with Gasteiger partial charge in [-0.1, -0.05) is 0 Å².